The number of carbonyl (C=O) groups excluding carboxylic acids is 1. The Morgan fingerprint density at radius 2 is 2.10 bits per heavy atom. The second-order valence-corrected chi connectivity index (χ2v) is 4.95. The van der Waals surface area contributed by atoms with Crippen LogP contribution in [0.25, 0.3) is 0 Å². The Bertz CT molecular complexity index is 576. The van der Waals surface area contributed by atoms with Crippen molar-refractivity contribution in [2.24, 2.45) is 5.41 Å². The third-order valence-electron chi connectivity index (χ3n) is 3.53. The number of amides is 1. The topological polar surface area (TPSA) is 99.4 Å². The van der Waals surface area contributed by atoms with Crippen molar-refractivity contribution in [1.29, 1.82) is 5.26 Å². The fraction of sp³-hybridized carbons (Fsp3) is 0.357. The van der Waals surface area contributed by atoms with Gasteiger partial charge in [-0.05, 0) is 31.2 Å². The minimum absolute atomic E-state index is 0.0701. The molecule has 104 valence electrons. The maximum Gasteiger partial charge on any atom is 0.313 e. The smallest absolute Gasteiger partial charge is 0.313 e. The van der Waals surface area contributed by atoms with E-state index in [1.165, 1.54) is 24.3 Å². The van der Waals surface area contributed by atoms with Gasteiger partial charge in [0.2, 0.25) is 0 Å². The van der Waals surface area contributed by atoms with Crippen LogP contribution < -0.4 is 5.32 Å². The van der Waals surface area contributed by atoms with Crippen LogP contribution in [-0.4, -0.2) is 36.2 Å². The molecule has 6 heteroatoms. The highest BCUT2D eigenvalue weighted by Crippen LogP contribution is 2.28. The summed E-state index contributed by atoms with van der Waals surface area (Å²) in [6.07, 6.45) is 0. The molecule has 0 spiro atoms. The molecule has 1 heterocycles. The fourth-order valence-corrected chi connectivity index (χ4v) is 2.02. The lowest BCUT2D eigenvalue weighted by atomic mass is 9.85. The van der Waals surface area contributed by atoms with Gasteiger partial charge in [0.05, 0.1) is 30.9 Å². The molecular formula is C14H14N2O4. The maximum atomic E-state index is 12.1. The predicted octanol–water partition coefficient (Wildman–Crippen LogP) is 0.778. The first kappa shape index (κ1) is 14.0. The van der Waals surface area contributed by atoms with E-state index in [1.807, 2.05) is 6.07 Å². The number of hydrogen-bond acceptors (Lipinski definition) is 4. The van der Waals surface area contributed by atoms with Crippen LogP contribution in [0.3, 0.4) is 0 Å². The highest BCUT2D eigenvalue weighted by Gasteiger charge is 2.47. The number of carbonyl (C=O) groups is 2. The van der Waals surface area contributed by atoms with Crippen molar-refractivity contribution in [1.82, 2.24) is 5.32 Å². The minimum Gasteiger partial charge on any atom is -0.481 e. The van der Waals surface area contributed by atoms with Crippen LogP contribution in [0.4, 0.5) is 0 Å². The first-order valence-electron chi connectivity index (χ1n) is 6.09. The summed E-state index contributed by atoms with van der Waals surface area (Å²) in [6, 6.07) is 7.52. The molecule has 1 aliphatic rings. The molecule has 0 saturated carbocycles. The number of carboxylic acids is 1. The summed E-state index contributed by atoms with van der Waals surface area (Å²) in [5.41, 5.74) is -0.285. The average molecular weight is 274 g/mol. The number of nitrogens with zero attached hydrogens (tertiary/aromatic N) is 1. The van der Waals surface area contributed by atoms with Crippen molar-refractivity contribution < 1.29 is 19.4 Å². The Morgan fingerprint density at radius 1 is 1.45 bits per heavy atom. The van der Waals surface area contributed by atoms with E-state index in [0.29, 0.717) is 11.1 Å². The summed E-state index contributed by atoms with van der Waals surface area (Å²) in [6.45, 7) is 1.79. The Balaban J connectivity index is 2.11. The zero-order valence-electron chi connectivity index (χ0n) is 10.9. The second-order valence-electron chi connectivity index (χ2n) is 4.95. The summed E-state index contributed by atoms with van der Waals surface area (Å²) in [5, 5.41) is 20.6. The van der Waals surface area contributed by atoms with E-state index in [9.17, 15) is 14.7 Å². The summed E-state index contributed by atoms with van der Waals surface area (Å²) in [7, 11) is 0. The van der Waals surface area contributed by atoms with Crippen LogP contribution in [0, 0.1) is 16.7 Å². The van der Waals surface area contributed by atoms with E-state index in [-0.39, 0.29) is 19.1 Å². The van der Waals surface area contributed by atoms with Crippen LogP contribution >= 0.6 is 0 Å². The number of nitriles is 1. The third-order valence-corrected chi connectivity index (χ3v) is 3.53. The average Bonchev–Trinajstić information content (AvgIpc) is 2.81. The highest BCUT2D eigenvalue weighted by molar-refractivity contribution is 5.95. The number of hydrogen-bond donors (Lipinski definition) is 2. The summed E-state index contributed by atoms with van der Waals surface area (Å²) < 4.78 is 5.17. The van der Waals surface area contributed by atoms with E-state index < -0.39 is 17.4 Å². The SMILES string of the molecule is CC1(C(=O)O)COCC1NC(=O)c1ccc(C#N)cc1. The largest absolute Gasteiger partial charge is 0.481 e. The number of nitrogens with one attached hydrogen (secondary N) is 1. The van der Waals surface area contributed by atoms with Gasteiger partial charge in [0.15, 0.2) is 0 Å². The maximum absolute atomic E-state index is 12.1. The molecule has 0 aromatic heterocycles. The van der Waals surface area contributed by atoms with Gasteiger partial charge >= 0.3 is 5.97 Å². The van der Waals surface area contributed by atoms with E-state index in [2.05, 4.69) is 5.32 Å². The Hall–Kier alpha value is -2.39. The first-order valence-corrected chi connectivity index (χ1v) is 6.09. The van der Waals surface area contributed by atoms with Crippen LogP contribution in [0.5, 0.6) is 0 Å². The fourth-order valence-electron chi connectivity index (χ4n) is 2.02. The molecule has 1 fully saturated rings. The Labute approximate surface area is 116 Å². The van der Waals surface area contributed by atoms with E-state index in [4.69, 9.17) is 10.00 Å². The van der Waals surface area contributed by atoms with Gasteiger partial charge in [-0.3, -0.25) is 9.59 Å². The second kappa shape index (κ2) is 5.31. The Kier molecular flexibility index (Phi) is 3.72. The van der Waals surface area contributed by atoms with E-state index in [1.54, 1.807) is 6.92 Å². The van der Waals surface area contributed by atoms with Gasteiger partial charge < -0.3 is 15.2 Å². The van der Waals surface area contributed by atoms with Crippen molar-refractivity contribution in [3.8, 4) is 6.07 Å². The molecule has 0 radical (unpaired) electrons. The highest BCUT2D eigenvalue weighted by atomic mass is 16.5. The lowest BCUT2D eigenvalue weighted by Crippen LogP contribution is -2.49. The molecule has 1 aromatic carbocycles. The summed E-state index contributed by atoms with van der Waals surface area (Å²) in [5.74, 6) is -1.38. The van der Waals surface area contributed by atoms with Crippen molar-refractivity contribution in [2.75, 3.05) is 13.2 Å². The first-order chi connectivity index (χ1) is 9.47. The molecule has 2 atom stereocenters. The van der Waals surface area contributed by atoms with Gasteiger partial charge in [-0.25, -0.2) is 0 Å². The molecule has 2 rings (SSSR count). The number of aliphatic carboxylic acids is 1. The molecule has 1 saturated heterocycles. The molecule has 1 aliphatic heterocycles. The molecule has 2 N–H and O–H groups in total. The molecule has 20 heavy (non-hydrogen) atoms. The van der Waals surface area contributed by atoms with Crippen molar-refractivity contribution in [3.63, 3.8) is 0 Å². The molecule has 0 aliphatic carbocycles. The van der Waals surface area contributed by atoms with Crippen molar-refractivity contribution in [2.45, 2.75) is 13.0 Å². The van der Waals surface area contributed by atoms with Gasteiger partial charge in [0.1, 0.15) is 5.41 Å². The molecule has 2 unspecified atom stereocenters. The number of benzene rings is 1. The Morgan fingerprint density at radius 3 is 2.65 bits per heavy atom. The van der Waals surface area contributed by atoms with Gasteiger partial charge in [0, 0.05) is 5.56 Å². The van der Waals surface area contributed by atoms with Crippen LogP contribution in [0.1, 0.15) is 22.8 Å². The zero-order valence-corrected chi connectivity index (χ0v) is 10.9. The van der Waals surface area contributed by atoms with Gasteiger partial charge in [-0.2, -0.15) is 5.26 Å². The lowest BCUT2D eigenvalue weighted by molar-refractivity contribution is -0.148. The molecular weight excluding hydrogens is 260 g/mol. The minimum atomic E-state index is -1.12. The molecule has 1 aromatic rings. The third kappa shape index (κ3) is 2.49. The number of carboxylic acid groups (broad SMARTS) is 1. The van der Waals surface area contributed by atoms with Crippen LogP contribution in [0.2, 0.25) is 0 Å². The zero-order chi connectivity index (χ0) is 14.8. The normalized spacial score (nSPS) is 24.9. The standard InChI is InChI=1S/C14H14N2O4/c1-14(13(18)19)8-20-7-11(14)16-12(17)10-4-2-9(6-15)3-5-10/h2-5,11H,7-8H2,1H3,(H,16,17)(H,18,19). The van der Waals surface area contributed by atoms with Gasteiger partial charge in [-0.15, -0.1) is 0 Å². The van der Waals surface area contributed by atoms with E-state index >= 15 is 0 Å². The van der Waals surface area contributed by atoms with Gasteiger partial charge in [-0.1, -0.05) is 0 Å². The lowest BCUT2D eigenvalue weighted by Gasteiger charge is -2.25. The van der Waals surface area contributed by atoms with Gasteiger partial charge in [0.25, 0.3) is 5.91 Å². The quantitative estimate of drug-likeness (QED) is 0.848. The molecule has 0 bridgehead atoms. The van der Waals surface area contributed by atoms with Crippen molar-refractivity contribution in [3.05, 3.63) is 35.4 Å². The van der Waals surface area contributed by atoms with Crippen LogP contribution in [-0.2, 0) is 9.53 Å². The molecule has 6 nitrogen and oxygen atoms in total. The van der Waals surface area contributed by atoms with Crippen LogP contribution in [0.15, 0.2) is 24.3 Å². The number of rotatable bonds is 3. The predicted molar refractivity (Wildman–Crippen MR) is 69.0 cm³/mol. The summed E-state index contributed by atoms with van der Waals surface area (Å²) in [4.78, 5) is 23.3. The number of ether oxygens (including phenoxy) is 1. The summed E-state index contributed by atoms with van der Waals surface area (Å²) >= 11 is 0. The molecule has 1 amide bonds. The van der Waals surface area contributed by atoms with Crippen molar-refractivity contribution >= 4 is 11.9 Å². The van der Waals surface area contributed by atoms with E-state index in [0.717, 1.165) is 0 Å². The monoisotopic (exact) mass is 274 g/mol.